The minimum Gasteiger partial charge on any atom is -0.494 e. The van der Waals surface area contributed by atoms with Gasteiger partial charge < -0.3 is 10.1 Å². The van der Waals surface area contributed by atoms with Gasteiger partial charge in [-0.15, -0.1) is 11.8 Å². The van der Waals surface area contributed by atoms with Crippen molar-refractivity contribution in [1.82, 2.24) is 0 Å². The number of anilines is 2. The van der Waals surface area contributed by atoms with Crippen LogP contribution in [0.3, 0.4) is 0 Å². The standard InChI is InChI=1S/C24H30N2O3S/c1-3-5-6-7-8-22(27)25-19-11-9-18(10-12-19)24-26(23(28)17-30-24)20-13-15-21(16-14-20)29-4-2/h9-16,24H,3-8,17H2,1-2H3,(H,25,27)/t24-/m0/s1. The van der Waals surface area contributed by atoms with E-state index in [9.17, 15) is 9.59 Å². The summed E-state index contributed by atoms with van der Waals surface area (Å²) in [5, 5.41) is 2.89. The summed E-state index contributed by atoms with van der Waals surface area (Å²) in [7, 11) is 0. The highest BCUT2D eigenvalue weighted by atomic mass is 32.2. The number of thioether (sulfide) groups is 1. The summed E-state index contributed by atoms with van der Waals surface area (Å²) < 4.78 is 5.50. The van der Waals surface area contributed by atoms with Gasteiger partial charge in [0.2, 0.25) is 11.8 Å². The number of hydrogen-bond acceptors (Lipinski definition) is 4. The fourth-order valence-electron chi connectivity index (χ4n) is 3.49. The molecule has 3 rings (SSSR count). The molecule has 160 valence electrons. The van der Waals surface area contributed by atoms with Crippen LogP contribution in [-0.4, -0.2) is 24.2 Å². The lowest BCUT2D eigenvalue weighted by Crippen LogP contribution is -2.27. The fourth-order valence-corrected chi connectivity index (χ4v) is 4.66. The third-order valence-corrected chi connectivity index (χ3v) is 6.24. The minimum absolute atomic E-state index is 0.0558. The minimum atomic E-state index is -0.0748. The van der Waals surface area contributed by atoms with Crippen LogP contribution in [0, 0.1) is 0 Å². The zero-order valence-corrected chi connectivity index (χ0v) is 18.5. The van der Waals surface area contributed by atoms with E-state index in [-0.39, 0.29) is 17.2 Å². The quantitative estimate of drug-likeness (QED) is 0.490. The van der Waals surface area contributed by atoms with Crippen LogP contribution in [0.15, 0.2) is 48.5 Å². The zero-order valence-electron chi connectivity index (χ0n) is 17.7. The molecule has 0 aromatic heterocycles. The van der Waals surface area contributed by atoms with E-state index in [0.717, 1.165) is 35.5 Å². The second-order valence-electron chi connectivity index (χ2n) is 7.33. The first-order valence-electron chi connectivity index (χ1n) is 10.7. The first kappa shape index (κ1) is 22.2. The van der Waals surface area contributed by atoms with E-state index in [0.29, 0.717) is 18.8 Å². The molecular weight excluding hydrogens is 396 g/mol. The van der Waals surface area contributed by atoms with Gasteiger partial charge in [0.25, 0.3) is 0 Å². The molecule has 6 heteroatoms. The van der Waals surface area contributed by atoms with Gasteiger partial charge in [-0.2, -0.15) is 0 Å². The molecule has 2 aromatic carbocycles. The maximum absolute atomic E-state index is 12.5. The molecule has 1 fully saturated rings. The van der Waals surface area contributed by atoms with E-state index in [4.69, 9.17) is 4.74 Å². The molecule has 1 saturated heterocycles. The Bertz CT molecular complexity index is 837. The number of nitrogens with zero attached hydrogens (tertiary/aromatic N) is 1. The van der Waals surface area contributed by atoms with Crippen molar-refractivity contribution in [3.63, 3.8) is 0 Å². The number of unbranched alkanes of at least 4 members (excludes halogenated alkanes) is 3. The summed E-state index contributed by atoms with van der Waals surface area (Å²) in [6.07, 6.45) is 4.91. The Balaban J connectivity index is 1.64. The molecule has 0 unspecified atom stereocenters. The van der Waals surface area contributed by atoms with Crippen LogP contribution in [-0.2, 0) is 9.59 Å². The molecule has 0 saturated carbocycles. The van der Waals surface area contributed by atoms with Crippen LogP contribution in [0.5, 0.6) is 5.75 Å². The summed E-state index contributed by atoms with van der Waals surface area (Å²) in [5.41, 5.74) is 2.70. The monoisotopic (exact) mass is 426 g/mol. The first-order chi connectivity index (χ1) is 14.6. The SMILES string of the molecule is CCCCCCC(=O)Nc1ccc([C@@H]2SCC(=O)N2c2ccc(OCC)cc2)cc1. The highest BCUT2D eigenvalue weighted by Crippen LogP contribution is 2.42. The molecule has 0 aliphatic carbocycles. The molecule has 0 radical (unpaired) electrons. The van der Waals surface area contributed by atoms with Crippen molar-refractivity contribution in [2.24, 2.45) is 0 Å². The number of ether oxygens (including phenoxy) is 1. The molecule has 1 aliphatic rings. The number of benzene rings is 2. The lowest BCUT2D eigenvalue weighted by atomic mass is 10.1. The van der Waals surface area contributed by atoms with E-state index < -0.39 is 0 Å². The number of rotatable bonds is 10. The maximum atomic E-state index is 12.5. The largest absolute Gasteiger partial charge is 0.494 e. The van der Waals surface area contributed by atoms with Crippen molar-refractivity contribution < 1.29 is 14.3 Å². The topological polar surface area (TPSA) is 58.6 Å². The molecule has 0 bridgehead atoms. The number of amides is 2. The van der Waals surface area contributed by atoms with Crippen LogP contribution in [0.25, 0.3) is 0 Å². The van der Waals surface area contributed by atoms with E-state index in [2.05, 4.69) is 12.2 Å². The summed E-state index contributed by atoms with van der Waals surface area (Å²) >= 11 is 1.61. The molecule has 1 N–H and O–H groups in total. The van der Waals surface area contributed by atoms with Crippen LogP contribution in [0.4, 0.5) is 11.4 Å². The second kappa shape index (κ2) is 11.1. The Morgan fingerprint density at radius 1 is 1.07 bits per heavy atom. The predicted molar refractivity (Wildman–Crippen MR) is 124 cm³/mol. The third-order valence-electron chi connectivity index (χ3n) is 5.03. The molecule has 1 atom stereocenters. The predicted octanol–water partition coefficient (Wildman–Crippen LogP) is 5.77. The molecule has 2 aromatic rings. The first-order valence-corrected chi connectivity index (χ1v) is 11.7. The zero-order chi connectivity index (χ0) is 21.3. The second-order valence-corrected chi connectivity index (χ2v) is 8.40. The van der Waals surface area contributed by atoms with Crippen LogP contribution in [0.2, 0.25) is 0 Å². The maximum Gasteiger partial charge on any atom is 0.238 e. The lowest BCUT2D eigenvalue weighted by Gasteiger charge is -2.24. The van der Waals surface area contributed by atoms with Crippen molar-refractivity contribution >= 4 is 35.0 Å². The van der Waals surface area contributed by atoms with Crippen molar-refractivity contribution in [2.45, 2.75) is 51.3 Å². The fraction of sp³-hybridized carbons (Fsp3) is 0.417. The van der Waals surface area contributed by atoms with Gasteiger partial charge in [-0.1, -0.05) is 38.3 Å². The summed E-state index contributed by atoms with van der Waals surface area (Å²) in [6.45, 7) is 4.72. The van der Waals surface area contributed by atoms with Gasteiger partial charge >= 0.3 is 0 Å². The Morgan fingerprint density at radius 3 is 2.47 bits per heavy atom. The van der Waals surface area contributed by atoms with E-state index >= 15 is 0 Å². The normalized spacial score (nSPS) is 16.0. The number of carbonyl (C=O) groups is 2. The Hall–Kier alpha value is -2.47. The number of hydrogen-bond donors (Lipinski definition) is 1. The van der Waals surface area contributed by atoms with E-state index in [1.54, 1.807) is 11.8 Å². The van der Waals surface area contributed by atoms with E-state index in [1.807, 2.05) is 60.4 Å². The molecule has 1 heterocycles. The molecule has 1 aliphatic heterocycles. The van der Waals surface area contributed by atoms with Crippen LogP contribution < -0.4 is 15.0 Å². The highest BCUT2D eigenvalue weighted by molar-refractivity contribution is 8.00. The van der Waals surface area contributed by atoms with Crippen molar-refractivity contribution in [3.8, 4) is 5.75 Å². The molecule has 2 amide bonds. The molecule has 0 spiro atoms. The number of nitrogens with one attached hydrogen (secondary N) is 1. The van der Waals surface area contributed by atoms with Crippen molar-refractivity contribution in [1.29, 1.82) is 0 Å². The third kappa shape index (κ3) is 5.79. The Labute approximate surface area is 183 Å². The van der Waals surface area contributed by atoms with Gasteiger partial charge in [0.1, 0.15) is 11.1 Å². The lowest BCUT2D eigenvalue weighted by molar-refractivity contribution is -0.116. The Kier molecular flexibility index (Phi) is 8.20. The smallest absolute Gasteiger partial charge is 0.238 e. The van der Waals surface area contributed by atoms with Gasteiger partial charge in [-0.25, -0.2) is 0 Å². The average Bonchev–Trinajstić information content (AvgIpc) is 3.14. The highest BCUT2D eigenvalue weighted by Gasteiger charge is 2.34. The molecule has 5 nitrogen and oxygen atoms in total. The summed E-state index contributed by atoms with van der Waals surface area (Å²) in [4.78, 5) is 26.5. The van der Waals surface area contributed by atoms with E-state index in [1.165, 1.54) is 12.8 Å². The summed E-state index contributed by atoms with van der Waals surface area (Å²) in [6, 6.07) is 15.5. The Morgan fingerprint density at radius 2 is 1.80 bits per heavy atom. The summed E-state index contributed by atoms with van der Waals surface area (Å²) in [5.74, 6) is 1.40. The molecule has 30 heavy (non-hydrogen) atoms. The van der Waals surface area contributed by atoms with Crippen molar-refractivity contribution in [2.75, 3.05) is 22.6 Å². The molecular formula is C24H30N2O3S. The van der Waals surface area contributed by atoms with Gasteiger partial charge in [0.15, 0.2) is 0 Å². The average molecular weight is 427 g/mol. The van der Waals surface area contributed by atoms with Gasteiger partial charge in [0.05, 0.1) is 12.4 Å². The van der Waals surface area contributed by atoms with Gasteiger partial charge in [-0.05, 0) is 55.3 Å². The van der Waals surface area contributed by atoms with Gasteiger partial charge in [-0.3, -0.25) is 14.5 Å². The van der Waals surface area contributed by atoms with Gasteiger partial charge in [0, 0.05) is 17.8 Å². The van der Waals surface area contributed by atoms with Crippen LogP contribution in [0.1, 0.15) is 56.9 Å². The number of carbonyl (C=O) groups excluding carboxylic acids is 2. The van der Waals surface area contributed by atoms with Crippen molar-refractivity contribution in [3.05, 3.63) is 54.1 Å². The van der Waals surface area contributed by atoms with Crippen LogP contribution >= 0.6 is 11.8 Å².